The SMILES string of the molecule is CC(=O)Oc1c(Cl)ccc2c1c(Cl)cn2C. The predicted molar refractivity (Wildman–Crippen MR) is 64.2 cm³/mol. The van der Waals surface area contributed by atoms with Crippen LogP contribution in [0.4, 0.5) is 0 Å². The van der Waals surface area contributed by atoms with Crippen LogP contribution in [0, 0.1) is 0 Å². The summed E-state index contributed by atoms with van der Waals surface area (Å²) in [6.07, 6.45) is 1.75. The second-order valence-electron chi connectivity index (χ2n) is 3.45. The Morgan fingerprint density at radius 3 is 2.62 bits per heavy atom. The lowest BCUT2D eigenvalue weighted by atomic mass is 10.2. The molecule has 3 nitrogen and oxygen atoms in total. The first-order valence-electron chi connectivity index (χ1n) is 4.62. The number of halogens is 2. The monoisotopic (exact) mass is 257 g/mol. The topological polar surface area (TPSA) is 31.2 Å². The van der Waals surface area contributed by atoms with Crippen molar-refractivity contribution in [3.8, 4) is 5.75 Å². The molecule has 0 saturated carbocycles. The summed E-state index contributed by atoms with van der Waals surface area (Å²) in [5.41, 5.74) is 0.866. The molecule has 5 heteroatoms. The maximum Gasteiger partial charge on any atom is 0.308 e. The van der Waals surface area contributed by atoms with Gasteiger partial charge in [0.1, 0.15) is 0 Å². The van der Waals surface area contributed by atoms with Gasteiger partial charge in [-0.1, -0.05) is 23.2 Å². The molecular weight excluding hydrogens is 249 g/mol. The van der Waals surface area contributed by atoms with Crippen LogP contribution in [0.3, 0.4) is 0 Å². The van der Waals surface area contributed by atoms with Gasteiger partial charge < -0.3 is 9.30 Å². The molecule has 0 aliphatic rings. The van der Waals surface area contributed by atoms with Crippen molar-refractivity contribution in [2.24, 2.45) is 7.05 Å². The minimum Gasteiger partial charge on any atom is -0.424 e. The molecule has 84 valence electrons. The van der Waals surface area contributed by atoms with Gasteiger partial charge in [-0.25, -0.2) is 0 Å². The minimum absolute atomic E-state index is 0.317. The second-order valence-corrected chi connectivity index (χ2v) is 4.27. The van der Waals surface area contributed by atoms with E-state index < -0.39 is 5.97 Å². The number of ether oxygens (including phenoxy) is 1. The fraction of sp³-hybridized carbons (Fsp3) is 0.182. The predicted octanol–water partition coefficient (Wildman–Crippen LogP) is 3.41. The van der Waals surface area contributed by atoms with E-state index in [4.69, 9.17) is 27.9 Å². The maximum atomic E-state index is 11.0. The van der Waals surface area contributed by atoms with Gasteiger partial charge in [0.05, 0.1) is 20.9 Å². The number of carbonyl (C=O) groups excluding carboxylic acids is 1. The zero-order valence-corrected chi connectivity index (χ0v) is 10.3. The smallest absolute Gasteiger partial charge is 0.308 e. The van der Waals surface area contributed by atoms with Crippen molar-refractivity contribution in [3.05, 3.63) is 28.4 Å². The van der Waals surface area contributed by atoms with Crippen LogP contribution < -0.4 is 4.74 Å². The summed E-state index contributed by atoms with van der Waals surface area (Å²) >= 11 is 12.1. The normalized spacial score (nSPS) is 10.8. The lowest BCUT2D eigenvalue weighted by Gasteiger charge is -2.06. The van der Waals surface area contributed by atoms with Gasteiger partial charge in [0.25, 0.3) is 0 Å². The number of rotatable bonds is 1. The first kappa shape index (κ1) is 11.3. The van der Waals surface area contributed by atoms with Gasteiger partial charge in [0, 0.05) is 20.2 Å². The molecule has 0 bridgehead atoms. The van der Waals surface area contributed by atoms with E-state index in [1.165, 1.54) is 6.92 Å². The van der Waals surface area contributed by atoms with Crippen molar-refractivity contribution in [2.75, 3.05) is 0 Å². The Morgan fingerprint density at radius 2 is 2.00 bits per heavy atom. The van der Waals surface area contributed by atoms with E-state index in [0.29, 0.717) is 21.2 Å². The highest BCUT2D eigenvalue weighted by Crippen LogP contribution is 2.38. The Balaban J connectivity index is 2.78. The van der Waals surface area contributed by atoms with Crippen molar-refractivity contribution in [1.29, 1.82) is 0 Å². The number of benzene rings is 1. The fourth-order valence-corrected chi connectivity index (χ4v) is 2.14. The van der Waals surface area contributed by atoms with Gasteiger partial charge in [0.15, 0.2) is 5.75 Å². The van der Waals surface area contributed by atoms with Crippen LogP contribution in [-0.2, 0) is 11.8 Å². The Morgan fingerprint density at radius 1 is 1.31 bits per heavy atom. The molecule has 0 radical (unpaired) electrons. The quantitative estimate of drug-likeness (QED) is 0.579. The number of esters is 1. The first-order chi connectivity index (χ1) is 7.50. The first-order valence-corrected chi connectivity index (χ1v) is 5.37. The molecule has 0 aliphatic carbocycles. The molecule has 1 heterocycles. The van der Waals surface area contributed by atoms with Gasteiger partial charge in [-0.05, 0) is 12.1 Å². The fourth-order valence-electron chi connectivity index (χ4n) is 1.62. The van der Waals surface area contributed by atoms with Crippen molar-refractivity contribution >= 4 is 40.1 Å². The van der Waals surface area contributed by atoms with E-state index in [1.807, 2.05) is 17.7 Å². The van der Waals surface area contributed by atoms with Gasteiger partial charge in [-0.3, -0.25) is 4.79 Å². The molecule has 0 atom stereocenters. The molecule has 0 fully saturated rings. The Labute approximate surface area is 103 Å². The summed E-state index contributed by atoms with van der Waals surface area (Å²) in [5.74, 6) is -0.105. The van der Waals surface area contributed by atoms with Gasteiger partial charge in [-0.15, -0.1) is 0 Å². The van der Waals surface area contributed by atoms with E-state index in [1.54, 1.807) is 12.3 Å². The maximum absolute atomic E-state index is 11.0. The van der Waals surface area contributed by atoms with E-state index >= 15 is 0 Å². The summed E-state index contributed by atoms with van der Waals surface area (Å²) in [5, 5.41) is 1.54. The molecule has 0 N–H and O–H groups in total. The zero-order valence-electron chi connectivity index (χ0n) is 8.75. The van der Waals surface area contributed by atoms with Crippen molar-refractivity contribution in [2.45, 2.75) is 6.92 Å². The van der Waals surface area contributed by atoms with Crippen LogP contribution >= 0.6 is 23.2 Å². The van der Waals surface area contributed by atoms with E-state index in [-0.39, 0.29) is 0 Å². The number of fused-ring (bicyclic) bond motifs is 1. The van der Waals surface area contributed by atoms with Crippen molar-refractivity contribution in [3.63, 3.8) is 0 Å². The van der Waals surface area contributed by atoms with E-state index in [2.05, 4.69) is 0 Å². The lowest BCUT2D eigenvalue weighted by Crippen LogP contribution is -2.02. The molecular formula is C11H9Cl2NO2. The molecule has 16 heavy (non-hydrogen) atoms. The molecule has 1 aromatic heterocycles. The van der Waals surface area contributed by atoms with Crippen LogP contribution in [0.1, 0.15) is 6.92 Å². The van der Waals surface area contributed by atoms with Crippen LogP contribution in [0.25, 0.3) is 10.9 Å². The summed E-state index contributed by atoms with van der Waals surface area (Å²) < 4.78 is 6.93. The molecule has 1 aromatic carbocycles. The van der Waals surface area contributed by atoms with Gasteiger partial charge >= 0.3 is 5.97 Å². The summed E-state index contributed by atoms with van der Waals surface area (Å²) in [4.78, 5) is 11.0. The minimum atomic E-state index is -0.422. The van der Waals surface area contributed by atoms with E-state index in [9.17, 15) is 4.79 Å². The Hall–Kier alpha value is -1.19. The molecule has 2 aromatic rings. The summed E-state index contributed by atoms with van der Waals surface area (Å²) in [6.45, 7) is 1.33. The molecule has 0 unspecified atom stereocenters. The summed E-state index contributed by atoms with van der Waals surface area (Å²) in [7, 11) is 1.86. The third-order valence-corrected chi connectivity index (χ3v) is 2.84. The number of hydrogen-bond acceptors (Lipinski definition) is 2. The molecule has 0 saturated heterocycles. The zero-order chi connectivity index (χ0) is 11.9. The lowest BCUT2D eigenvalue weighted by molar-refractivity contribution is -0.131. The number of hydrogen-bond donors (Lipinski definition) is 0. The highest BCUT2D eigenvalue weighted by Gasteiger charge is 2.15. The second kappa shape index (κ2) is 4.00. The van der Waals surface area contributed by atoms with Crippen LogP contribution in [-0.4, -0.2) is 10.5 Å². The highest BCUT2D eigenvalue weighted by molar-refractivity contribution is 6.38. The average Bonchev–Trinajstić information content (AvgIpc) is 2.46. The number of aryl methyl sites for hydroxylation is 1. The highest BCUT2D eigenvalue weighted by atomic mass is 35.5. The molecule has 0 spiro atoms. The Kier molecular flexibility index (Phi) is 2.82. The third kappa shape index (κ3) is 1.77. The van der Waals surface area contributed by atoms with Crippen LogP contribution in [0.2, 0.25) is 10.0 Å². The molecule has 2 rings (SSSR count). The Bertz CT molecular complexity index is 575. The largest absolute Gasteiger partial charge is 0.424 e. The number of carbonyl (C=O) groups is 1. The average molecular weight is 258 g/mol. The van der Waals surface area contributed by atoms with Gasteiger partial charge in [0.2, 0.25) is 0 Å². The van der Waals surface area contributed by atoms with E-state index in [0.717, 1.165) is 5.52 Å². The number of nitrogens with zero attached hydrogens (tertiary/aromatic N) is 1. The van der Waals surface area contributed by atoms with Crippen molar-refractivity contribution in [1.82, 2.24) is 4.57 Å². The number of aromatic nitrogens is 1. The van der Waals surface area contributed by atoms with Crippen LogP contribution in [0.15, 0.2) is 18.3 Å². The van der Waals surface area contributed by atoms with Crippen molar-refractivity contribution < 1.29 is 9.53 Å². The molecule has 0 amide bonds. The standard InChI is InChI=1S/C11H9Cl2NO2/c1-6(15)16-11-7(12)3-4-9-10(11)8(13)5-14(9)2/h3-5H,1-2H3. The molecule has 0 aliphatic heterocycles. The summed E-state index contributed by atoms with van der Waals surface area (Å²) in [6, 6.07) is 3.51. The van der Waals surface area contributed by atoms with Crippen LogP contribution in [0.5, 0.6) is 5.75 Å². The van der Waals surface area contributed by atoms with Gasteiger partial charge in [-0.2, -0.15) is 0 Å². The third-order valence-electron chi connectivity index (χ3n) is 2.26.